The van der Waals surface area contributed by atoms with E-state index in [-0.39, 0.29) is 71.9 Å². The van der Waals surface area contributed by atoms with Crippen LogP contribution < -0.4 is 10.6 Å². The summed E-state index contributed by atoms with van der Waals surface area (Å²) in [6.07, 6.45) is 5.98. The number of hydrogen-bond acceptors (Lipinski definition) is 10. The van der Waals surface area contributed by atoms with Gasteiger partial charge in [-0.15, -0.1) is 0 Å². The monoisotopic (exact) mass is 1010 g/mol. The highest BCUT2D eigenvalue weighted by atomic mass is 16.5. The van der Waals surface area contributed by atoms with Crippen LogP contribution in [0.1, 0.15) is 104 Å². The van der Waals surface area contributed by atoms with Crippen molar-refractivity contribution in [2.75, 3.05) is 67.9 Å². The highest BCUT2D eigenvalue weighted by Gasteiger charge is 2.43. The van der Waals surface area contributed by atoms with Crippen LogP contribution in [0.4, 0.5) is 5.69 Å². The van der Waals surface area contributed by atoms with Crippen LogP contribution in [0.25, 0.3) is 0 Å². The molecule has 2 heterocycles. The van der Waals surface area contributed by atoms with Crippen molar-refractivity contribution in [2.45, 2.75) is 136 Å². The summed E-state index contributed by atoms with van der Waals surface area (Å²) >= 11 is 0. The second-order valence-electron chi connectivity index (χ2n) is 20.5. The minimum absolute atomic E-state index is 0.00780. The molecule has 17 nitrogen and oxygen atoms in total. The lowest BCUT2D eigenvalue weighted by Crippen LogP contribution is -2.55. The van der Waals surface area contributed by atoms with Crippen molar-refractivity contribution < 1.29 is 43.0 Å². The largest absolute Gasteiger partial charge is 0.379 e. The third-order valence-electron chi connectivity index (χ3n) is 14.3. The van der Waals surface area contributed by atoms with Crippen molar-refractivity contribution in [3.05, 3.63) is 77.9 Å². The maximum absolute atomic E-state index is 14.5. The van der Waals surface area contributed by atoms with Gasteiger partial charge >= 0.3 is 0 Å². The van der Waals surface area contributed by atoms with Gasteiger partial charge in [0.1, 0.15) is 11.8 Å². The Balaban J connectivity index is 1.40. The summed E-state index contributed by atoms with van der Waals surface area (Å²) in [7, 11) is 12.5. The minimum Gasteiger partial charge on any atom is -0.379 e. The molecule has 1 saturated heterocycles. The number of rotatable bonds is 28. The molecular formula is C56H84N8O9. The van der Waals surface area contributed by atoms with Crippen molar-refractivity contribution in [1.82, 2.24) is 29.8 Å². The molecule has 2 aliphatic rings. The van der Waals surface area contributed by atoms with Crippen LogP contribution in [0.15, 0.2) is 71.7 Å². The van der Waals surface area contributed by atoms with Gasteiger partial charge in [-0.05, 0) is 67.2 Å². The Morgan fingerprint density at radius 3 is 2.03 bits per heavy atom. The molecule has 6 amide bonds. The molecule has 2 N–H and O–H groups in total. The van der Waals surface area contributed by atoms with Crippen LogP contribution in [0.2, 0.25) is 0 Å². The number of amides is 6. The number of likely N-dealkylation sites (N-methyl/N-ethyl adjacent to an activating group) is 1. The van der Waals surface area contributed by atoms with Crippen LogP contribution in [0, 0.1) is 23.7 Å². The predicted molar refractivity (Wildman–Crippen MR) is 284 cm³/mol. The van der Waals surface area contributed by atoms with Crippen molar-refractivity contribution in [3.63, 3.8) is 0 Å². The molecule has 2 aliphatic heterocycles. The van der Waals surface area contributed by atoms with Crippen LogP contribution >= 0.6 is 0 Å². The Hall–Kier alpha value is -5.94. The molecule has 0 spiro atoms. The average Bonchev–Trinajstić information content (AvgIpc) is 3.98. The van der Waals surface area contributed by atoms with E-state index in [4.69, 9.17) is 14.5 Å². The Labute approximate surface area is 434 Å². The summed E-state index contributed by atoms with van der Waals surface area (Å²) in [5.41, 5.74) is 2.31. The topological polar surface area (TPSA) is 191 Å². The molecule has 0 radical (unpaired) electrons. The Bertz CT molecular complexity index is 2190. The minimum atomic E-state index is -0.707. The van der Waals surface area contributed by atoms with Gasteiger partial charge in [-0.1, -0.05) is 89.9 Å². The van der Waals surface area contributed by atoms with Crippen molar-refractivity contribution >= 4 is 52.9 Å². The zero-order valence-corrected chi connectivity index (χ0v) is 45.6. The van der Waals surface area contributed by atoms with Crippen LogP contribution in [0.5, 0.6) is 0 Å². The molecule has 0 saturated carbocycles. The molecule has 1 fully saturated rings. The quantitative estimate of drug-likeness (QED) is 0.0442. The molecule has 17 heteroatoms. The fourth-order valence-electron chi connectivity index (χ4n) is 10.0. The molecule has 4 rings (SSSR count). The molecule has 0 aliphatic carbocycles. The number of ketones is 1. The van der Waals surface area contributed by atoms with Gasteiger partial charge in [0.05, 0.1) is 30.7 Å². The first-order chi connectivity index (χ1) is 34.7. The fraction of sp³-hybridized carbons (Fsp3) is 0.607. The van der Waals surface area contributed by atoms with Gasteiger partial charge in [-0.2, -0.15) is 0 Å². The first kappa shape index (κ1) is 59.6. The number of carbonyl (C=O) groups excluding carboxylic acids is 7. The number of Topliss-reactive ketones (excluding diaryl/α,β-unsaturated/α-hetero) is 1. The lowest BCUT2D eigenvalue weighted by Gasteiger charge is -2.40. The number of nitrogens with zero attached hydrogens (tertiary/aromatic N) is 6. The number of hydrogen-bond donors (Lipinski definition) is 2. The highest BCUT2D eigenvalue weighted by Crippen LogP contribution is 2.31. The van der Waals surface area contributed by atoms with E-state index in [0.717, 1.165) is 24.0 Å². The number of benzene rings is 2. The summed E-state index contributed by atoms with van der Waals surface area (Å²) in [4.78, 5) is 107. The van der Waals surface area contributed by atoms with Gasteiger partial charge in [0.25, 0.3) is 11.8 Å². The van der Waals surface area contributed by atoms with Gasteiger partial charge in [0.2, 0.25) is 23.6 Å². The maximum Gasteiger partial charge on any atom is 0.253 e. The standard InChI is InChI=1S/C56H84N8O9/c1-13-38(4)52(62(10)55(71)51(37(2)3)59-56(60(6)7)61(8)9)46(72-11)35-50(69)63-32-20-23-44(63)53(73-12)39(5)45(65)34-42(33-40-21-16-14-17-22-40)54(70)58-43-27-25-41(26-28-43)36-57-47(66)24-18-15-19-31-64-48(67)29-30-49(64)68/h14,16-17,21-22,25-30,37-39,42,44,46,51-53H,13,15,18-20,23-24,31-36H2,1-12H3,(H,57,66)(H,58,70)/t38-,39-,42+,44-,46+,51-,52-,53+/m0/s1. The zero-order chi connectivity index (χ0) is 53.9. The van der Waals surface area contributed by atoms with E-state index in [0.29, 0.717) is 69.8 Å². The zero-order valence-electron chi connectivity index (χ0n) is 45.6. The van der Waals surface area contributed by atoms with Gasteiger partial charge in [-0.25, -0.2) is 4.99 Å². The molecule has 402 valence electrons. The molecule has 0 unspecified atom stereocenters. The number of aliphatic imine (C=N–C) groups is 1. The number of carbonyl (C=O) groups is 7. The maximum atomic E-state index is 14.5. The van der Waals surface area contributed by atoms with E-state index in [9.17, 15) is 33.6 Å². The second kappa shape index (κ2) is 29.1. The normalized spacial score (nSPS) is 17.4. The third-order valence-corrected chi connectivity index (χ3v) is 14.3. The molecule has 0 bridgehead atoms. The summed E-state index contributed by atoms with van der Waals surface area (Å²) in [6.45, 7) is 11.0. The summed E-state index contributed by atoms with van der Waals surface area (Å²) < 4.78 is 12.2. The summed E-state index contributed by atoms with van der Waals surface area (Å²) in [5.74, 6) is -2.24. The fourth-order valence-corrected chi connectivity index (χ4v) is 10.0. The highest BCUT2D eigenvalue weighted by molar-refractivity contribution is 6.12. The number of nitrogens with one attached hydrogen (secondary N) is 2. The van der Waals surface area contributed by atoms with E-state index in [1.165, 1.54) is 17.1 Å². The number of methoxy groups -OCH3 is 2. The molecule has 8 atom stereocenters. The predicted octanol–water partition coefficient (Wildman–Crippen LogP) is 5.97. The van der Waals surface area contributed by atoms with Crippen molar-refractivity contribution in [3.8, 4) is 0 Å². The first-order valence-electron chi connectivity index (χ1n) is 26.0. The molecule has 2 aromatic rings. The van der Waals surface area contributed by atoms with E-state index in [1.54, 1.807) is 38.3 Å². The number of likely N-dealkylation sites (tertiary alicyclic amines) is 1. The summed E-state index contributed by atoms with van der Waals surface area (Å²) in [5, 5.41) is 5.94. The Morgan fingerprint density at radius 1 is 0.808 bits per heavy atom. The van der Waals surface area contributed by atoms with E-state index in [1.807, 2.05) is 106 Å². The molecular weight excluding hydrogens is 929 g/mol. The average molecular weight is 1010 g/mol. The first-order valence-corrected chi connectivity index (χ1v) is 26.0. The Kier molecular flexibility index (Phi) is 23.7. The lowest BCUT2D eigenvalue weighted by atomic mass is 9.85. The molecule has 2 aromatic carbocycles. The SMILES string of the molecule is CC[C@H](C)[C@@H]([C@@H](CC(=O)N1CCC[C@H]1[C@H](OC)[C@@H](C)C(=O)C[C@@H](Cc1ccccc1)C(=O)Nc1ccc(CNC(=O)CCCCCN2C(=O)C=CC2=O)cc1)OC)N(C)C(=O)[C@@H](N=C(N(C)C)N(C)C)C(C)C. The number of unbranched alkanes of at least 4 members (excludes halogenated alkanes) is 2. The van der Waals surface area contributed by atoms with Crippen LogP contribution in [-0.2, 0) is 56.0 Å². The van der Waals surface area contributed by atoms with E-state index < -0.39 is 36.1 Å². The lowest BCUT2D eigenvalue weighted by molar-refractivity contribution is -0.146. The van der Waals surface area contributed by atoms with Crippen molar-refractivity contribution in [1.29, 1.82) is 0 Å². The second-order valence-corrected chi connectivity index (χ2v) is 20.5. The van der Waals surface area contributed by atoms with E-state index >= 15 is 0 Å². The van der Waals surface area contributed by atoms with Gasteiger partial charge in [0, 0.05) is 112 Å². The van der Waals surface area contributed by atoms with Gasteiger partial charge in [0.15, 0.2) is 5.96 Å². The molecule has 0 aromatic heterocycles. The van der Waals surface area contributed by atoms with Crippen LogP contribution in [-0.4, -0.2) is 165 Å². The molecule has 73 heavy (non-hydrogen) atoms. The summed E-state index contributed by atoms with van der Waals surface area (Å²) in [6, 6.07) is 15.3. The smallest absolute Gasteiger partial charge is 0.253 e. The third kappa shape index (κ3) is 17.1. The number of imide groups is 1. The van der Waals surface area contributed by atoms with Gasteiger partial charge < -0.3 is 39.7 Å². The van der Waals surface area contributed by atoms with Gasteiger partial charge in [-0.3, -0.25) is 38.5 Å². The Morgan fingerprint density at radius 2 is 1.45 bits per heavy atom. The van der Waals surface area contributed by atoms with Crippen LogP contribution in [0.3, 0.4) is 0 Å². The van der Waals surface area contributed by atoms with Crippen molar-refractivity contribution in [2.24, 2.45) is 28.7 Å². The number of anilines is 1. The van der Waals surface area contributed by atoms with E-state index in [2.05, 4.69) is 24.5 Å². The number of guanidine groups is 1. The number of ether oxygens (including phenoxy) is 2.